The van der Waals surface area contributed by atoms with Crippen LogP contribution in [0.5, 0.6) is 0 Å². The monoisotopic (exact) mass is 1050 g/mol. The van der Waals surface area contributed by atoms with Gasteiger partial charge < -0.3 is 14.7 Å². The number of rotatable bonds is 5. The van der Waals surface area contributed by atoms with Crippen molar-refractivity contribution in [2.45, 2.75) is 179 Å². The number of benzene rings is 8. The van der Waals surface area contributed by atoms with Gasteiger partial charge in [-0.05, 0) is 194 Å². The molecule has 3 nitrogen and oxygen atoms in total. The summed E-state index contributed by atoms with van der Waals surface area (Å²) < 4.78 is 0. The summed E-state index contributed by atoms with van der Waals surface area (Å²) in [4.78, 5) is 8.33. The van der Waals surface area contributed by atoms with Crippen molar-refractivity contribution in [3.8, 4) is 22.3 Å². The molecule has 0 amide bonds. The second kappa shape index (κ2) is 17.4. The zero-order chi connectivity index (χ0) is 55.7. The summed E-state index contributed by atoms with van der Waals surface area (Å²) in [5.74, 6) is 0. The Balaban J connectivity index is 1.16. The van der Waals surface area contributed by atoms with Crippen molar-refractivity contribution < 1.29 is 0 Å². The van der Waals surface area contributed by atoms with Crippen LogP contribution in [0.3, 0.4) is 0 Å². The molecule has 0 N–H and O–H groups in total. The zero-order valence-electron chi connectivity index (χ0n) is 50.2. The lowest BCUT2D eigenvalue weighted by Gasteiger charge is -2.51. The van der Waals surface area contributed by atoms with E-state index in [0.29, 0.717) is 0 Å². The van der Waals surface area contributed by atoms with E-state index in [2.05, 4.69) is 269 Å². The number of fused-ring (bicyclic) bond motifs is 9. The van der Waals surface area contributed by atoms with Gasteiger partial charge in [0.15, 0.2) is 0 Å². The maximum atomic E-state index is 2.84. The van der Waals surface area contributed by atoms with Crippen molar-refractivity contribution in [1.29, 1.82) is 0 Å². The molecule has 0 radical (unpaired) electrons. The van der Waals surface area contributed by atoms with E-state index in [1.54, 1.807) is 0 Å². The molecule has 0 bridgehead atoms. The van der Waals surface area contributed by atoms with Gasteiger partial charge in [0.05, 0.1) is 11.2 Å². The van der Waals surface area contributed by atoms with Gasteiger partial charge in [-0.2, -0.15) is 0 Å². The highest BCUT2D eigenvalue weighted by molar-refractivity contribution is 7.00. The summed E-state index contributed by atoms with van der Waals surface area (Å²) >= 11 is 0. The molecule has 80 heavy (non-hydrogen) atoms. The normalized spacial score (nSPS) is 22.3. The van der Waals surface area contributed by atoms with Gasteiger partial charge >= 0.3 is 0 Å². The maximum Gasteiger partial charge on any atom is 0.252 e. The second-order valence-electron chi connectivity index (χ2n) is 29.4. The van der Waals surface area contributed by atoms with E-state index in [-0.39, 0.29) is 44.7 Å². The average Bonchev–Trinajstić information content (AvgIpc) is 1.69. The Morgan fingerprint density at radius 1 is 0.375 bits per heavy atom. The van der Waals surface area contributed by atoms with Crippen LogP contribution in [0.25, 0.3) is 22.3 Å². The van der Waals surface area contributed by atoms with E-state index in [4.69, 9.17) is 0 Å². The van der Waals surface area contributed by atoms with Gasteiger partial charge in [0.2, 0.25) is 0 Å². The minimum Gasteiger partial charge on any atom is -0.334 e. The lowest BCUT2D eigenvalue weighted by atomic mass is 9.33. The van der Waals surface area contributed by atoms with Crippen molar-refractivity contribution >= 4 is 68.6 Å². The van der Waals surface area contributed by atoms with Crippen molar-refractivity contribution in [3.63, 3.8) is 0 Å². The number of hydrogen-bond donors (Lipinski definition) is 0. The van der Waals surface area contributed by atoms with Gasteiger partial charge in [-0.3, -0.25) is 0 Å². The summed E-state index contributed by atoms with van der Waals surface area (Å²) in [6.07, 6.45) is 9.43. The summed E-state index contributed by atoms with van der Waals surface area (Å²) in [6.45, 7) is 32.2. The molecular formula is C76H82BN3. The number of para-hydroxylation sites is 1. The summed E-state index contributed by atoms with van der Waals surface area (Å²) in [6, 6.07) is 65.1. The molecule has 3 aliphatic carbocycles. The van der Waals surface area contributed by atoms with E-state index in [0.717, 1.165) is 25.7 Å². The molecule has 8 aromatic rings. The molecule has 6 aliphatic rings. The van der Waals surface area contributed by atoms with Gasteiger partial charge in [-0.1, -0.05) is 205 Å². The first kappa shape index (κ1) is 51.4. The van der Waals surface area contributed by atoms with Crippen molar-refractivity contribution in [3.05, 3.63) is 197 Å². The van der Waals surface area contributed by atoms with Crippen LogP contribution >= 0.6 is 0 Å². The third kappa shape index (κ3) is 7.44. The third-order valence-electron chi connectivity index (χ3n) is 21.7. The Morgan fingerprint density at radius 3 is 1.61 bits per heavy atom. The molecule has 0 saturated heterocycles. The predicted octanol–water partition coefficient (Wildman–Crippen LogP) is 18.8. The Labute approximate surface area is 479 Å². The first-order valence-electron chi connectivity index (χ1n) is 30.4. The predicted molar refractivity (Wildman–Crippen MR) is 343 cm³/mol. The topological polar surface area (TPSA) is 9.72 Å². The lowest BCUT2D eigenvalue weighted by Crippen LogP contribution is -2.62. The Bertz CT molecular complexity index is 3840. The largest absolute Gasteiger partial charge is 0.334 e. The first-order valence-corrected chi connectivity index (χ1v) is 30.4. The van der Waals surface area contributed by atoms with Crippen LogP contribution in [0.4, 0.5) is 45.5 Å². The number of nitrogens with zero attached hydrogens (tertiary/aromatic N) is 3. The van der Waals surface area contributed by atoms with Crippen LogP contribution in [0, 0.1) is 0 Å². The standard InChI is InChI=1S/C76H82BN3/c1-70(2,3)52-31-35-63(55(43-52)50-26-18-15-19-27-50)79-66-48-60-59(73(8,9)40-41-74(60,10)11)47-62(66)77-61-42-51(49-24-16-14-17-25-49)30-34-65(61)78(53-32-33-56-58(44-53)72(6,7)39-38-71(56,4)5)67-45-54(46-68(79)69(67)77)80-64-29-21-20-28-57(64)75(12)36-22-23-37-76(75,80)13/h14-21,24-35,42-48H,22-23,36-41H2,1-13H3. The fraction of sp³-hybridized carbons (Fsp3) is 0.368. The number of anilines is 8. The minimum atomic E-state index is -0.144. The van der Waals surface area contributed by atoms with E-state index in [1.165, 1.54) is 143 Å². The molecule has 0 aromatic heterocycles. The highest BCUT2D eigenvalue weighted by Crippen LogP contribution is 2.62. The SMILES string of the molecule is CC(C)(C)c1ccc(N2c3cc4c(cc3B3c5cc(-c6ccccc6)ccc5N(c5ccc6c(c5)C(C)(C)CCC6(C)C)c5cc(N6c7ccccc7C7(C)CCCCC67C)cc2c53)C(C)(C)CCC4(C)C)c(-c2ccccc2)c1. The fourth-order valence-corrected chi connectivity index (χ4v) is 16.4. The fourth-order valence-electron chi connectivity index (χ4n) is 16.4. The molecule has 4 heteroatoms. The van der Waals surface area contributed by atoms with Gasteiger partial charge in [0, 0.05) is 50.8 Å². The van der Waals surface area contributed by atoms with E-state index >= 15 is 0 Å². The summed E-state index contributed by atoms with van der Waals surface area (Å²) in [7, 11) is 0. The van der Waals surface area contributed by atoms with E-state index < -0.39 is 0 Å². The Kier molecular flexibility index (Phi) is 11.2. The molecule has 0 spiro atoms. The Morgan fingerprint density at radius 2 is 0.938 bits per heavy atom. The molecular weight excluding hydrogens is 966 g/mol. The van der Waals surface area contributed by atoms with Gasteiger partial charge in [0.1, 0.15) is 0 Å². The molecule has 3 aliphatic heterocycles. The quantitative estimate of drug-likeness (QED) is 0.159. The lowest BCUT2D eigenvalue weighted by molar-refractivity contribution is 0.195. The van der Waals surface area contributed by atoms with Gasteiger partial charge in [-0.15, -0.1) is 0 Å². The van der Waals surface area contributed by atoms with Gasteiger partial charge in [0.25, 0.3) is 6.71 Å². The number of hydrogen-bond acceptors (Lipinski definition) is 3. The van der Waals surface area contributed by atoms with Gasteiger partial charge in [-0.25, -0.2) is 0 Å². The summed E-state index contributed by atoms with van der Waals surface area (Å²) in [5, 5.41) is 0. The Hall–Kier alpha value is -6.78. The third-order valence-corrected chi connectivity index (χ3v) is 21.7. The average molecular weight is 1050 g/mol. The van der Waals surface area contributed by atoms with Crippen molar-refractivity contribution in [2.24, 2.45) is 0 Å². The maximum absolute atomic E-state index is 2.84. The van der Waals surface area contributed by atoms with Crippen LogP contribution in [-0.4, -0.2) is 12.3 Å². The highest BCUT2D eigenvalue weighted by Gasteiger charge is 2.58. The van der Waals surface area contributed by atoms with Crippen LogP contribution < -0.4 is 31.1 Å². The summed E-state index contributed by atoms with van der Waals surface area (Å²) in [5.41, 5.74) is 28.0. The first-order chi connectivity index (χ1) is 38.0. The highest BCUT2D eigenvalue weighted by atomic mass is 15.3. The molecule has 3 heterocycles. The van der Waals surface area contributed by atoms with Crippen LogP contribution in [0.2, 0.25) is 0 Å². The smallest absolute Gasteiger partial charge is 0.252 e. The van der Waals surface area contributed by atoms with Crippen LogP contribution in [0.1, 0.15) is 175 Å². The molecule has 2 unspecified atom stereocenters. The van der Waals surface area contributed by atoms with E-state index in [1.807, 2.05) is 0 Å². The van der Waals surface area contributed by atoms with Crippen LogP contribution in [0.15, 0.2) is 164 Å². The molecule has 1 fully saturated rings. The molecule has 404 valence electrons. The van der Waals surface area contributed by atoms with Crippen molar-refractivity contribution in [1.82, 2.24) is 0 Å². The molecule has 2 atom stereocenters. The molecule has 14 rings (SSSR count). The molecule has 1 saturated carbocycles. The minimum absolute atomic E-state index is 0.00555. The second-order valence-corrected chi connectivity index (χ2v) is 29.4. The molecule has 8 aromatic carbocycles. The van der Waals surface area contributed by atoms with E-state index in [9.17, 15) is 0 Å². The van der Waals surface area contributed by atoms with Crippen LogP contribution in [-0.2, 0) is 32.5 Å². The zero-order valence-corrected chi connectivity index (χ0v) is 50.2. The van der Waals surface area contributed by atoms with Crippen molar-refractivity contribution in [2.75, 3.05) is 14.7 Å².